The monoisotopic (exact) mass is 416 g/mol. The van der Waals surface area contributed by atoms with Crippen LogP contribution in [0, 0.1) is 10.1 Å². The van der Waals surface area contributed by atoms with Gasteiger partial charge in [-0.15, -0.1) is 0 Å². The van der Waals surface area contributed by atoms with Gasteiger partial charge < -0.3 is 15.0 Å². The number of hydrogen-bond donors (Lipinski definition) is 2. The fraction of sp³-hybridized carbons (Fsp3) is 0.130. The second kappa shape index (κ2) is 8.66. The van der Waals surface area contributed by atoms with Crippen LogP contribution in [0.25, 0.3) is 10.9 Å². The third-order valence-corrected chi connectivity index (χ3v) is 4.98. The predicted molar refractivity (Wildman–Crippen MR) is 116 cm³/mol. The molecule has 0 aliphatic carbocycles. The van der Waals surface area contributed by atoms with E-state index >= 15 is 0 Å². The number of aromatic amines is 1. The fourth-order valence-electron chi connectivity index (χ4n) is 3.27. The molecule has 0 aliphatic rings. The van der Waals surface area contributed by atoms with E-state index in [1.807, 2.05) is 43.3 Å². The first kappa shape index (κ1) is 20.1. The lowest BCUT2D eigenvalue weighted by Crippen LogP contribution is -2.26. The standard InChI is InChI=1S/C23H20N4O4/c1-15(17-4-7-19(8-5-17)31-14-16-3-2-10-24-12-16)26-23(28)21-13-25-22-9-6-18(27(29)30)11-20(21)22/h2-13,15,25H,14H2,1H3,(H,26,28). The zero-order valence-corrected chi connectivity index (χ0v) is 16.7. The third-order valence-electron chi connectivity index (χ3n) is 4.98. The largest absolute Gasteiger partial charge is 0.489 e. The number of nitrogens with one attached hydrogen (secondary N) is 2. The van der Waals surface area contributed by atoms with Crippen molar-refractivity contribution in [1.82, 2.24) is 15.3 Å². The van der Waals surface area contributed by atoms with E-state index in [0.29, 0.717) is 23.1 Å². The summed E-state index contributed by atoms with van der Waals surface area (Å²) in [6, 6.07) is 15.4. The van der Waals surface area contributed by atoms with E-state index in [1.165, 1.54) is 12.1 Å². The van der Waals surface area contributed by atoms with Crippen molar-refractivity contribution in [3.05, 3.63) is 100.0 Å². The molecule has 0 aliphatic heterocycles. The lowest BCUT2D eigenvalue weighted by molar-refractivity contribution is -0.384. The van der Waals surface area contributed by atoms with E-state index in [1.54, 1.807) is 24.7 Å². The second-order valence-corrected chi connectivity index (χ2v) is 7.10. The van der Waals surface area contributed by atoms with Gasteiger partial charge in [-0.3, -0.25) is 19.9 Å². The number of benzene rings is 2. The highest BCUT2D eigenvalue weighted by Gasteiger charge is 2.17. The summed E-state index contributed by atoms with van der Waals surface area (Å²) in [7, 11) is 0. The van der Waals surface area contributed by atoms with Crippen molar-refractivity contribution in [3.63, 3.8) is 0 Å². The number of amides is 1. The highest BCUT2D eigenvalue weighted by Crippen LogP contribution is 2.25. The van der Waals surface area contributed by atoms with Crippen molar-refractivity contribution >= 4 is 22.5 Å². The Morgan fingerprint density at radius 2 is 2.03 bits per heavy atom. The molecule has 1 unspecified atom stereocenters. The van der Waals surface area contributed by atoms with Crippen molar-refractivity contribution < 1.29 is 14.5 Å². The van der Waals surface area contributed by atoms with E-state index in [-0.39, 0.29) is 17.6 Å². The molecule has 0 spiro atoms. The topological polar surface area (TPSA) is 110 Å². The van der Waals surface area contributed by atoms with E-state index in [2.05, 4.69) is 15.3 Å². The number of H-pyrrole nitrogens is 1. The number of ether oxygens (including phenoxy) is 1. The average molecular weight is 416 g/mol. The number of aromatic nitrogens is 2. The van der Waals surface area contributed by atoms with Crippen LogP contribution in [0.5, 0.6) is 5.75 Å². The molecule has 0 radical (unpaired) electrons. The van der Waals surface area contributed by atoms with Gasteiger partial charge in [0, 0.05) is 47.2 Å². The van der Waals surface area contributed by atoms with Gasteiger partial charge in [-0.25, -0.2) is 0 Å². The molecule has 4 aromatic rings. The Labute approximate surface area is 178 Å². The van der Waals surface area contributed by atoms with E-state index in [4.69, 9.17) is 4.74 Å². The van der Waals surface area contributed by atoms with Crippen molar-refractivity contribution in [2.24, 2.45) is 0 Å². The number of nitrogens with zero attached hydrogens (tertiary/aromatic N) is 2. The normalized spacial score (nSPS) is 11.8. The summed E-state index contributed by atoms with van der Waals surface area (Å²) in [5, 5.41) is 14.5. The molecule has 0 saturated heterocycles. The predicted octanol–water partition coefficient (Wildman–Crippen LogP) is 4.54. The third kappa shape index (κ3) is 4.53. The number of carbonyl (C=O) groups excluding carboxylic acids is 1. The molecular weight excluding hydrogens is 396 g/mol. The quantitative estimate of drug-likeness (QED) is 0.339. The minimum atomic E-state index is -0.477. The summed E-state index contributed by atoms with van der Waals surface area (Å²) >= 11 is 0. The first-order chi connectivity index (χ1) is 15.0. The second-order valence-electron chi connectivity index (χ2n) is 7.10. The van der Waals surface area contributed by atoms with Crippen LogP contribution >= 0.6 is 0 Å². The molecule has 2 aromatic carbocycles. The summed E-state index contributed by atoms with van der Waals surface area (Å²) in [4.78, 5) is 30.4. The van der Waals surface area contributed by atoms with Gasteiger partial charge in [0.05, 0.1) is 16.5 Å². The zero-order chi connectivity index (χ0) is 21.8. The summed E-state index contributed by atoms with van der Waals surface area (Å²) in [6.45, 7) is 2.30. The minimum Gasteiger partial charge on any atom is -0.489 e. The van der Waals surface area contributed by atoms with Gasteiger partial charge in [-0.2, -0.15) is 0 Å². The molecule has 0 saturated carbocycles. The number of pyridine rings is 1. The molecule has 1 atom stereocenters. The van der Waals surface area contributed by atoms with Crippen molar-refractivity contribution in [1.29, 1.82) is 0 Å². The number of nitro groups is 1. The SMILES string of the molecule is CC(NC(=O)c1c[nH]c2ccc([N+](=O)[O-])cc12)c1ccc(OCc2cccnc2)cc1. The smallest absolute Gasteiger partial charge is 0.270 e. The minimum absolute atomic E-state index is 0.0592. The Bertz CT molecular complexity index is 1220. The number of fused-ring (bicyclic) bond motifs is 1. The Morgan fingerprint density at radius 3 is 2.74 bits per heavy atom. The Morgan fingerprint density at radius 1 is 1.23 bits per heavy atom. The van der Waals surface area contributed by atoms with E-state index in [9.17, 15) is 14.9 Å². The fourth-order valence-corrected chi connectivity index (χ4v) is 3.27. The molecule has 0 bridgehead atoms. The van der Waals surface area contributed by atoms with Crippen LogP contribution in [0.3, 0.4) is 0 Å². The van der Waals surface area contributed by atoms with Crippen LogP contribution in [0.4, 0.5) is 5.69 Å². The Hall–Kier alpha value is -4.20. The number of hydrogen-bond acceptors (Lipinski definition) is 5. The molecular formula is C23H20N4O4. The summed E-state index contributed by atoms with van der Waals surface area (Å²) in [5.74, 6) is 0.409. The average Bonchev–Trinajstić information content (AvgIpc) is 3.22. The van der Waals surface area contributed by atoms with Gasteiger partial charge in [-0.1, -0.05) is 18.2 Å². The van der Waals surface area contributed by atoms with E-state index in [0.717, 1.165) is 16.9 Å². The molecule has 2 N–H and O–H groups in total. The number of non-ortho nitro benzene ring substituents is 1. The molecule has 8 nitrogen and oxygen atoms in total. The van der Waals surface area contributed by atoms with Gasteiger partial charge in [0.1, 0.15) is 12.4 Å². The number of carbonyl (C=O) groups is 1. The first-order valence-corrected chi connectivity index (χ1v) is 9.69. The Balaban J connectivity index is 1.42. The van der Waals surface area contributed by atoms with Gasteiger partial charge in [0.25, 0.3) is 11.6 Å². The van der Waals surface area contributed by atoms with Crippen LogP contribution in [0.1, 0.15) is 34.5 Å². The first-order valence-electron chi connectivity index (χ1n) is 9.69. The summed E-state index contributed by atoms with van der Waals surface area (Å²) in [6.07, 6.45) is 5.03. The molecule has 156 valence electrons. The van der Waals surface area contributed by atoms with Crippen LogP contribution in [-0.2, 0) is 6.61 Å². The molecule has 2 heterocycles. The molecule has 1 amide bonds. The van der Waals surface area contributed by atoms with Gasteiger partial charge >= 0.3 is 0 Å². The van der Waals surface area contributed by atoms with Crippen molar-refractivity contribution in [2.45, 2.75) is 19.6 Å². The summed E-state index contributed by atoms with van der Waals surface area (Å²) in [5.41, 5.74) is 2.86. The lowest BCUT2D eigenvalue weighted by atomic mass is 10.1. The van der Waals surface area contributed by atoms with E-state index < -0.39 is 4.92 Å². The number of nitro benzene ring substituents is 1. The zero-order valence-electron chi connectivity index (χ0n) is 16.7. The maximum absolute atomic E-state index is 12.8. The van der Waals surface area contributed by atoms with Gasteiger partial charge in [0.15, 0.2) is 0 Å². The number of rotatable bonds is 7. The molecule has 8 heteroatoms. The molecule has 0 fully saturated rings. The van der Waals surface area contributed by atoms with Gasteiger partial charge in [0.2, 0.25) is 0 Å². The lowest BCUT2D eigenvalue weighted by Gasteiger charge is -2.15. The van der Waals surface area contributed by atoms with Crippen LogP contribution in [0.2, 0.25) is 0 Å². The highest BCUT2D eigenvalue weighted by molar-refractivity contribution is 6.07. The van der Waals surface area contributed by atoms with Crippen LogP contribution in [0.15, 0.2) is 73.2 Å². The van der Waals surface area contributed by atoms with Crippen molar-refractivity contribution in [2.75, 3.05) is 0 Å². The summed E-state index contributed by atoms with van der Waals surface area (Å²) < 4.78 is 5.76. The molecule has 2 aromatic heterocycles. The molecule has 4 rings (SSSR count). The van der Waals surface area contributed by atoms with Crippen LogP contribution in [-0.4, -0.2) is 20.8 Å². The maximum atomic E-state index is 12.8. The molecule has 31 heavy (non-hydrogen) atoms. The maximum Gasteiger partial charge on any atom is 0.270 e. The van der Waals surface area contributed by atoms with Crippen LogP contribution < -0.4 is 10.1 Å². The Kier molecular flexibility index (Phi) is 5.61. The van der Waals surface area contributed by atoms with Crippen molar-refractivity contribution in [3.8, 4) is 5.75 Å². The van der Waals surface area contributed by atoms with Gasteiger partial charge in [-0.05, 0) is 36.8 Å². The highest BCUT2D eigenvalue weighted by atomic mass is 16.6.